The number of aromatic nitrogens is 4. The number of hydrogen-bond donors (Lipinski definition) is 1. The van der Waals surface area contributed by atoms with Crippen molar-refractivity contribution >= 4 is 5.91 Å². The van der Waals surface area contributed by atoms with Crippen molar-refractivity contribution in [3.8, 4) is 0 Å². The second kappa shape index (κ2) is 6.02. The van der Waals surface area contributed by atoms with Gasteiger partial charge in [0.2, 0.25) is 5.91 Å². The van der Waals surface area contributed by atoms with Crippen LogP contribution in [-0.2, 0) is 18.4 Å². The number of carbonyl (C=O) groups is 1. The van der Waals surface area contributed by atoms with Crippen molar-refractivity contribution < 1.29 is 13.6 Å². The number of rotatable bonds is 5. The van der Waals surface area contributed by atoms with Crippen LogP contribution in [0.2, 0.25) is 0 Å². The maximum Gasteiger partial charge on any atom is 0.282 e. The third-order valence-electron chi connectivity index (χ3n) is 3.14. The number of alkyl halides is 2. The van der Waals surface area contributed by atoms with E-state index in [2.05, 4.69) is 15.5 Å². The van der Waals surface area contributed by atoms with Crippen LogP contribution < -0.4 is 5.32 Å². The Kier molecular flexibility index (Phi) is 4.35. The molecule has 2 rings (SSSR count). The monoisotopic (exact) mass is 297 g/mol. The number of aryl methyl sites for hydroxylation is 2. The summed E-state index contributed by atoms with van der Waals surface area (Å²) >= 11 is 0. The van der Waals surface area contributed by atoms with Crippen LogP contribution in [0, 0.1) is 6.92 Å². The van der Waals surface area contributed by atoms with Gasteiger partial charge in [0.15, 0.2) is 0 Å². The molecular formula is C13H17F2N5O. The molecule has 114 valence electrons. The first-order chi connectivity index (χ1) is 9.88. The number of hydrogen-bond acceptors (Lipinski definition) is 3. The fourth-order valence-corrected chi connectivity index (χ4v) is 2.02. The van der Waals surface area contributed by atoms with Crippen molar-refractivity contribution in [1.29, 1.82) is 0 Å². The van der Waals surface area contributed by atoms with Gasteiger partial charge in [-0.2, -0.15) is 10.2 Å². The quantitative estimate of drug-likeness (QED) is 0.914. The van der Waals surface area contributed by atoms with Gasteiger partial charge < -0.3 is 5.32 Å². The highest BCUT2D eigenvalue weighted by atomic mass is 19.3. The minimum absolute atomic E-state index is 0.286. The molecule has 0 fully saturated rings. The molecule has 0 aliphatic carbocycles. The van der Waals surface area contributed by atoms with Gasteiger partial charge in [0.25, 0.3) is 6.43 Å². The molecule has 8 heteroatoms. The van der Waals surface area contributed by atoms with E-state index in [-0.39, 0.29) is 11.6 Å². The van der Waals surface area contributed by atoms with Gasteiger partial charge in [-0.05, 0) is 19.9 Å². The third kappa shape index (κ3) is 3.45. The second-order valence-corrected chi connectivity index (χ2v) is 4.87. The Morgan fingerprint density at radius 1 is 1.48 bits per heavy atom. The van der Waals surface area contributed by atoms with Gasteiger partial charge in [0.05, 0.1) is 6.20 Å². The fourth-order valence-electron chi connectivity index (χ4n) is 2.02. The van der Waals surface area contributed by atoms with Crippen molar-refractivity contribution in [2.75, 3.05) is 0 Å². The van der Waals surface area contributed by atoms with Crippen LogP contribution in [0.3, 0.4) is 0 Å². The average Bonchev–Trinajstić information content (AvgIpc) is 3.01. The van der Waals surface area contributed by atoms with E-state index in [4.69, 9.17) is 0 Å². The minimum Gasteiger partial charge on any atom is -0.350 e. The molecule has 1 amide bonds. The molecule has 1 unspecified atom stereocenters. The summed E-state index contributed by atoms with van der Waals surface area (Å²) in [6, 6.07) is 0.629. The molecule has 1 atom stereocenters. The van der Waals surface area contributed by atoms with Crippen molar-refractivity contribution in [2.24, 2.45) is 7.05 Å². The summed E-state index contributed by atoms with van der Waals surface area (Å²) in [5.41, 5.74) is 1.07. The molecule has 0 aliphatic rings. The Balaban J connectivity index is 2.01. The van der Waals surface area contributed by atoms with E-state index >= 15 is 0 Å². The van der Waals surface area contributed by atoms with E-state index in [0.717, 1.165) is 5.56 Å². The summed E-state index contributed by atoms with van der Waals surface area (Å²) in [5, 5.41) is 10.5. The lowest BCUT2D eigenvalue weighted by molar-refractivity contribution is -0.124. The zero-order valence-corrected chi connectivity index (χ0v) is 12.0. The Bertz CT molecular complexity index is 634. The zero-order chi connectivity index (χ0) is 15.6. The smallest absolute Gasteiger partial charge is 0.282 e. The van der Waals surface area contributed by atoms with Crippen molar-refractivity contribution in [1.82, 2.24) is 24.9 Å². The lowest BCUT2D eigenvalue weighted by Crippen LogP contribution is -2.31. The van der Waals surface area contributed by atoms with Crippen LogP contribution in [0.25, 0.3) is 0 Å². The lowest BCUT2D eigenvalue weighted by Gasteiger charge is -2.14. The molecule has 0 radical (unpaired) electrons. The third-order valence-corrected chi connectivity index (χ3v) is 3.14. The van der Waals surface area contributed by atoms with Gasteiger partial charge in [-0.1, -0.05) is 0 Å². The minimum atomic E-state index is -2.64. The normalized spacial score (nSPS) is 12.7. The van der Waals surface area contributed by atoms with Gasteiger partial charge in [-0.25, -0.2) is 8.78 Å². The molecule has 0 spiro atoms. The van der Waals surface area contributed by atoms with E-state index in [1.165, 1.54) is 10.7 Å². The highest BCUT2D eigenvalue weighted by Gasteiger charge is 2.21. The molecule has 21 heavy (non-hydrogen) atoms. The van der Waals surface area contributed by atoms with Crippen LogP contribution in [-0.4, -0.2) is 25.5 Å². The first kappa shape index (κ1) is 15.1. The summed E-state index contributed by atoms with van der Waals surface area (Å²) in [6.07, 6.45) is 0.800. The number of nitrogens with one attached hydrogen (secondary N) is 1. The molecule has 1 N–H and O–H groups in total. The van der Waals surface area contributed by atoms with Crippen molar-refractivity contribution in [3.63, 3.8) is 0 Å². The molecule has 0 aliphatic heterocycles. The van der Waals surface area contributed by atoms with E-state index in [1.54, 1.807) is 38.0 Å². The lowest BCUT2D eigenvalue weighted by atomic mass is 10.3. The average molecular weight is 297 g/mol. The summed E-state index contributed by atoms with van der Waals surface area (Å²) < 4.78 is 28.2. The number of carbonyl (C=O) groups excluding carboxylic acids is 1. The summed E-state index contributed by atoms with van der Waals surface area (Å²) in [5.74, 6) is -0.286. The second-order valence-electron chi connectivity index (χ2n) is 4.87. The van der Waals surface area contributed by atoms with Crippen LogP contribution in [0.15, 0.2) is 18.5 Å². The highest BCUT2D eigenvalue weighted by Crippen LogP contribution is 2.20. The fraction of sp³-hybridized carbons (Fsp3) is 0.462. The maximum absolute atomic E-state index is 12.6. The maximum atomic E-state index is 12.6. The number of nitrogens with zero attached hydrogens (tertiary/aromatic N) is 4. The first-order valence-electron chi connectivity index (χ1n) is 6.48. The van der Waals surface area contributed by atoms with E-state index in [9.17, 15) is 13.6 Å². The predicted molar refractivity (Wildman–Crippen MR) is 71.7 cm³/mol. The molecule has 2 heterocycles. The molecule has 0 saturated heterocycles. The summed E-state index contributed by atoms with van der Waals surface area (Å²) in [6.45, 7) is 3.59. The number of halogens is 2. The first-order valence-corrected chi connectivity index (χ1v) is 6.48. The molecule has 6 nitrogen and oxygen atoms in total. The van der Waals surface area contributed by atoms with E-state index < -0.39 is 12.5 Å². The highest BCUT2D eigenvalue weighted by molar-refractivity contribution is 5.79. The van der Waals surface area contributed by atoms with Gasteiger partial charge >= 0.3 is 0 Å². The Hall–Kier alpha value is -2.25. The van der Waals surface area contributed by atoms with Crippen LogP contribution in [0.5, 0.6) is 0 Å². The Morgan fingerprint density at radius 3 is 2.71 bits per heavy atom. The molecule has 2 aromatic rings. The standard InChI is InChI=1S/C13H17F2N5O/c1-8-4-11(12(14)15)18-20(8)9(2)13(21)16-5-10-6-17-19(3)7-10/h4,6-7,9,12H,5H2,1-3H3,(H,16,21). The molecular weight excluding hydrogens is 280 g/mol. The molecule has 0 saturated carbocycles. The zero-order valence-electron chi connectivity index (χ0n) is 12.0. The molecule has 0 aromatic carbocycles. The molecule has 2 aromatic heterocycles. The Morgan fingerprint density at radius 2 is 2.19 bits per heavy atom. The van der Waals surface area contributed by atoms with Crippen LogP contribution in [0.1, 0.15) is 36.3 Å². The van der Waals surface area contributed by atoms with Gasteiger partial charge in [0, 0.05) is 31.0 Å². The van der Waals surface area contributed by atoms with Crippen LogP contribution >= 0.6 is 0 Å². The largest absolute Gasteiger partial charge is 0.350 e. The van der Waals surface area contributed by atoms with E-state index in [1.807, 2.05) is 0 Å². The topological polar surface area (TPSA) is 64.7 Å². The van der Waals surface area contributed by atoms with E-state index in [0.29, 0.717) is 12.2 Å². The van der Waals surface area contributed by atoms with Gasteiger partial charge in [-0.15, -0.1) is 0 Å². The summed E-state index contributed by atoms with van der Waals surface area (Å²) in [7, 11) is 1.78. The van der Waals surface area contributed by atoms with Gasteiger partial charge in [0.1, 0.15) is 11.7 Å². The van der Waals surface area contributed by atoms with Crippen molar-refractivity contribution in [2.45, 2.75) is 32.9 Å². The summed E-state index contributed by atoms with van der Waals surface area (Å²) in [4.78, 5) is 12.1. The van der Waals surface area contributed by atoms with Crippen molar-refractivity contribution in [3.05, 3.63) is 35.4 Å². The SMILES string of the molecule is Cc1cc(C(F)F)nn1C(C)C(=O)NCc1cnn(C)c1. The Labute approximate surface area is 120 Å². The number of amides is 1. The predicted octanol–water partition coefficient (Wildman–Crippen LogP) is 1.74. The van der Waals surface area contributed by atoms with Crippen LogP contribution in [0.4, 0.5) is 8.78 Å². The van der Waals surface area contributed by atoms with Gasteiger partial charge in [-0.3, -0.25) is 14.2 Å². The molecule has 0 bridgehead atoms.